The van der Waals surface area contributed by atoms with Gasteiger partial charge in [0, 0.05) is 19.0 Å². The van der Waals surface area contributed by atoms with Gasteiger partial charge < -0.3 is 4.74 Å². The second-order valence-electron chi connectivity index (χ2n) is 2.55. The molecule has 0 aliphatic carbocycles. The Morgan fingerprint density at radius 2 is 2.50 bits per heavy atom. The van der Waals surface area contributed by atoms with Crippen LogP contribution in [0.1, 0.15) is 0 Å². The van der Waals surface area contributed by atoms with Gasteiger partial charge in [-0.05, 0) is 7.05 Å². The van der Waals surface area contributed by atoms with E-state index < -0.39 is 0 Å². The van der Waals surface area contributed by atoms with Crippen molar-refractivity contribution in [3.05, 3.63) is 19.1 Å². The van der Waals surface area contributed by atoms with Crippen molar-refractivity contribution in [2.24, 2.45) is 0 Å². The van der Waals surface area contributed by atoms with Crippen molar-refractivity contribution in [2.45, 2.75) is 6.04 Å². The second-order valence-corrected chi connectivity index (χ2v) is 2.55. The molecule has 0 amide bonds. The van der Waals surface area contributed by atoms with Gasteiger partial charge in [0.05, 0.1) is 13.2 Å². The van der Waals surface area contributed by atoms with Crippen molar-refractivity contribution < 1.29 is 4.74 Å². The minimum absolute atomic E-state index is 0.436. The molecule has 1 unspecified atom stereocenters. The summed E-state index contributed by atoms with van der Waals surface area (Å²) in [5.41, 5.74) is 0. The number of morpholine rings is 1. The first-order valence-electron chi connectivity index (χ1n) is 3.58. The zero-order valence-electron chi connectivity index (χ0n) is 6.42. The summed E-state index contributed by atoms with van der Waals surface area (Å²) in [5.74, 6) is 0. The van der Waals surface area contributed by atoms with Crippen molar-refractivity contribution in [3.8, 4) is 0 Å². The van der Waals surface area contributed by atoms with E-state index in [1.54, 1.807) is 0 Å². The topological polar surface area (TPSA) is 12.5 Å². The van der Waals surface area contributed by atoms with Gasteiger partial charge in [-0.25, -0.2) is 0 Å². The van der Waals surface area contributed by atoms with Crippen molar-refractivity contribution in [3.63, 3.8) is 0 Å². The highest BCUT2D eigenvalue weighted by Crippen LogP contribution is 2.06. The number of ether oxygens (including phenoxy) is 1. The standard InChI is InChI=1S/C8H14NO/c1-3-4-8-7-10-6-5-9(8)2/h3-4,8H,1,5-7H2,2H3. The maximum absolute atomic E-state index is 5.28. The summed E-state index contributed by atoms with van der Waals surface area (Å²) in [6.07, 6.45) is 3.90. The molecular weight excluding hydrogens is 126 g/mol. The van der Waals surface area contributed by atoms with E-state index in [4.69, 9.17) is 4.74 Å². The van der Waals surface area contributed by atoms with Crippen LogP contribution in [-0.2, 0) is 4.74 Å². The number of hydrogen-bond donors (Lipinski definition) is 0. The zero-order valence-corrected chi connectivity index (χ0v) is 6.42. The lowest BCUT2D eigenvalue weighted by Crippen LogP contribution is -2.42. The highest BCUT2D eigenvalue weighted by Gasteiger charge is 2.17. The summed E-state index contributed by atoms with van der Waals surface area (Å²) in [6, 6.07) is 0.436. The van der Waals surface area contributed by atoms with Crippen LogP contribution in [0.25, 0.3) is 0 Å². The number of likely N-dealkylation sites (N-methyl/N-ethyl adjacent to an activating group) is 1. The average Bonchev–Trinajstić information content (AvgIpc) is 1.94. The molecule has 0 spiro atoms. The molecule has 2 nitrogen and oxygen atoms in total. The molecule has 1 aliphatic heterocycles. The van der Waals surface area contributed by atoms with Gasteiger partial charge in [0.1, 0.15) is 0 Å². The summed E-state index contributed by atoms with van der Waals surface area (Å²) < 4.78 is 5.28. The highest BCUT2D eigenvalue weighted by molar-refractivity contribution is 4.98. The van der Waals surface area contributed by atoms with Crippen LogP contribution in [0.5, 0.6) is 0 Å². The summed E-state index contributed by atoms with van der Waals surface area (Å²) in [7, 11) is 2.10. The third-order valence-corrected chi connectivity index (χ3v) is 1.80. The molecule has 0 N–H and O–H groups in total. The van der Waals surface area contributed by atoms with Gasteiger partial charge >= 0.3 is 0 Å². The first-order chi connectivity index (χ1) is 4.84. The van der Waals surface area contributed by atoms with Gasteiger partial charge in [0.2, 0.25) is 0 Å². The van der Waals surface area contributed by atoms with Crippen LogP contribution in [-0.4, -0.2) is 37.7 Å². The molecule has 1 aliphatic rings. The summed E-state index contributed by atoms with van der Waals surface area (Å²) in [6.45, 7) is 6.34. The largest absolute Gasteiger partial charge is 0.378 e. The lowest BCUT2D eigenvalue weighted by atomic mass is 10.2. The molecule has 2 heteroatoms. The molecule has 1 atom stereocenters. The third-order valence-electron chi connectivity index (χ3n) is 1.80. The van der Waals surface area contributed by atoms with Crippen molar-refractivity contribution in [1.29, 1.82) is 0 Å². The predicted octanol–water partition coefficient (Wildman–Crippen LogP) is 0.707. The zero-order chi connectivity index (χ0) is 7.40. The van der Waals surface area contributed by atoms with E-state index in [1.165, 1.54) is 0 Å². The molecule has 0 aromatic rings. The number of nitrogens with zero attached hydrogens (tertiary/aromatic N) is 1. The Kier molecular flexibility index (Phi) is 2.90. The Bertz CT molecular complexity index is 114. The first kappa shape index (κ1) is 7.76. The minimum atomic E-state index is 0.436. The van der Waals surface area contributed by atoms with Crippen LogP contribution in [0.15, 0.2) is 12.7 Å². The fourth-order valence-corrected chi connectivity index (χ4v) is 1.07. The first-order valence-corrected chi connectivity index (χ1v) is 3.58. The SMILES string of the molecule is C=C[CH]C1COCCN1C. The summed E-state index contributed by atoms with van der Waals surface area (Å²) in [4.78, 5) is 2.27. The van der Waals surface area contributed by atoms with Gasteiger partial charge in [0.25, 0.3) is 0 Å². The van der Waals surface area contributed by atoms with Crippen LogP contribution >= 0.6 is 0 Å². The monoisotopic (exact) mass is 140 g/mol. The molecule has 1 rings (SSSR count). The molecule has 57 valence electrons. The van der Waals surface area contributed by atoms with Crippen LogP contribution < -0.4 is 0 Å². The normalized spacial score (nSPS) is 28.3. The van der Waals surface area contributed by atoms with E-state index >= 15 is 0 Å². The van der Waals surface area contributed by atoms with E-state index in [-0.39, 0.29) is 0 Å². The maximum atomic E-state index is 5.28. The van der Waals surface area contributed by atoms with Crippen LogP contribution in [0, 0.1) is 6.42 Å². The van der Waals surface area contributed by atoms with E-state index in [0.717, 1.165) is 19.8 Å². The third kappa shape index (κ3) is 1.82. The molecule has 1 fully saturated rings. The Morgan fingerprint density at radius 1 is 1.70 bits per heavy atom. The summed E-state index contributed by atoms with van der Waals surface area (Å²) in [5, 5.41) is 0. The molecule has 1 radical (unpaired) electrons. The molecule has 0 aromatic heterocycles. The minimum Gasteiger partial charge on any atom is -0.378 e. The molecule has 0 saturated carbocycles. The van der Waals surface area contributed by atoms with Gasteiger partial charge in [-0.1, -0.05) is 6.08 Å². The molecule has 1 saturated heterocycles. The number of hydrogen-bond acceptors (Lipinski definition) is 2. The fourth-order valence-electron chi connectivity index (χ4n) is 1.07. The Balaban J connectivity index is 2.32. The Hall–Kier alpha value is -0.340. The molecule has 1 heterocycles. The van der Waals surface area contributed by atoms with E-state index in [9.17, 15) is 0 Å². The number of rotatable bonds is 2. The lowest BCUT2D eigenvalue weighted by molar-refractivity contribution is 0.0193. The van der Waals surface area contributed by atoms with E-state index in [1.807, 2.05) is 6.08 Å². The van der Waals surface area contributed by atoms with E-state index in [2.05, 4.69) is 24.9 Å². The molecule has 10 heavy (non-hydrogen) atoms. The molecule has 0 aromatic carbocycles. The van der Waals surface area contributed by atoms with Crippen LogP contribution in [0.4, 0.5) is 0 Å². The maximum Gasteiger partial charge on any atom is 0.0628 e. The van der Waals surface area contributed by atoms with Crippen molar-refractivity contribution in [2.75, 3.05) is 26.8 Å². The molecule has 0 bridgehead atoms. The average molecular weight is 140 g/mol. The second kappa shape index (κ2) is 3.74. The van der Waals surface area contributed by atoms with Gasteiger partial charge in [-0.15, -0.1) is 6.58 Å². The lowest BCUT2D eigenvalue weighted by Gasteiger charge is -2.31. The predicted molar refractivity (Wildman–Crippen MR) is 41.7 cm³/mol. The van der Waals surface area contributed by atoms with Gasteiger partial charge in [0.15, 0.2) is 0 Å². The van der Waals surface area contributed by atoms with Crippen molar-refractivity contribution in [1.82, 2.24) is 4.90 Å². The fraction of sp³-hybridized carbons (Fsp3) is 0.625. The summed E-state index contributed by atoms with van der Waals surface area (Å²) >= 11 is 0. The van der Waals surface area contributed by atoms with Crippen molar-refractivity contribution >= 4 is 0 Å². The Labute approximate surface area is 62.5 Å². The highest BCUT2D eigenvalue weighted by atomic mass is 16.5. The smallest absolute Gasteiger partial charge is 0.0628 e. The quantitative estimate of drug-likeness (QED) is 0.560. The van der Waals surface area contributed by atoms with Crippen LogP contribution in [0.2, 0.25) is 0 Å². The Morgan fingerprint density at radius 3 is 3.10 bits per heavy atom. The molecular formula is C8H14NO. The van der Waals surface area contributed by atoms with Gasteiger partial charge in [-0.2, -0.15) is 0 Å². The van der Waals surface area contributed by atoms with Gasteiger partial charge in [-0.3, -0.25) is 4.90 Å². The van der Waals surface area contributed by atoms with Crippen LogP contribution in [0.3, 0.4) is 0 Å². The van der Waals surface area contributed by atoms with E-state index in [0.29, 0.717) is 6.04 Å².